The van der Waals surface area contributed by atoms with E-state index >= 15 is 0 Å². The molecule has 2 aromatic heterocycles. The molecule has 0 aliphatic heterocycles. The summed E-state index contributed by atoms with van der Waals surface area (Å²) in [5.74, 6) is 0. The molecule has 0 N–H and O–H groups in total. The molecule has 0 spiro atoms. The van der Waals surface area contributed by atoms with Crippen molar-refractivity contribution in [3.8, 4) is 0 Å². The first-order chi connectivity index (χ1) is 9.09. The average molecular weight is 256 g/mol. The highest BCUT2D eigenvalue weighted by molar-refractivity contribution is 5.79. The van der Waals surface area contributed by atoms with E-state index in [2.05, 4.69) is 10.1 Å². The summed E-state index contributed by atoms with van der Waals surface area (Å²) >= 11 is 0. The Hall–Kier alpha value is -2.50. The lowest BCUT2D eigenvalue weighted by atomic mass is 10.2. The number of benzene rings is 1. The minimum atomic E-state index is -0.325. The van der Waals surface area contributed by atoms with E-state index in [1.807, 2.05) is 13.8 Å². The van der Waals surface area contributed by atoms with Gasteiger partial charge in [0.25, 0.3) is 11.1 Å². The molecule has 6 nitrogen and oxygen atoms in total. The number of hydrogen-bond acceptors (Lipinski definition) is 4. The van der Waals surface area contributed by atoms with Gasteiger partial charge in [0.05, 0.1) is 10.9 Å². The van der Waals surface area contributed by atoms with Gasteiger partial charge in [-0.25, -0.2) is 4.98 Å². The Morgan fingerprint density at radius 2 is 1.84 bits per heavy atom. The van der Waals surface area contributed by atoms with Crippen LogP contribution >= 0.6 is 0 Å². The molecule has 0 atom stereocenters. The monoisotopic (exact) mass is 256 g/mol. The highest BCUT2D eigenvalue weighted by Gasteiger charge is 2.11. The standard InChI is InChI=1S/C13H12N4O2/c1-8(2)16-7-14-17-11(13(16)19)15-10-6-4-3-5-9(10)12(17)18/h3-8H,1-2H3. The fraction of sp³-hybridized carbons (Fsp3) is 0.231. The zero-order chi connectivity index (χ0) is 13.6. The Morgan fingerprint density at radius 3 is 2.58 bits per heavy atom. The number of fused-ring (bicyclic) bond motifs is 2. The van der Waals surface area contributed by atoms with Gasteiger partial charge in [0.1, 0.15) is 6.33 Å². The molecule has 6 heteroatoms. The highest BCUT2D eigenvalue weighted by atomic mass is 16.1. The Morgan fingerprint density at radius 1 is 1.11 bits per heavy atom. The molecule has 3 rings (SSSR count). The molecule has 0 radical (unpaired) electrons. The quantitative estimate of drug-likeness (QED) is 0.609. The van der Waals surface area contributed by atoms with Gasteiger partial charge in [-0.15, -0.1) is 0 Å². The number of hydrogen-bond donors (Lipinski definition) is 0. The fourth-order valence-corrected chi connectivity index (χ4v) is 2.01. The summed E-state index contributed by atoms with van der Waals surface area (Å²) in [5, 5.41) is 4.47. The van der Waals surface area contributed by atoms with Crippen LogP contribution in [0.5, 0.6) is 0 Å². The van der Waals surface area contributed by atoms with Crippen molar-refractivity contribution >= 4 is 16.6 Å². The third-order valence-electron chi connectivity index (χ3n) is 3.03. The topological polar surface area (TPSA) is 69.3 Å². The molecule has 0 fully saturated rings. The van der Waals surface area contributed by atoms with Gasteiger partial charge in [-0.2, -0.15) is 9.61 Å². The van der Waals surface area contributed by atoms with Gasteiger partial charge >= 0.3 is 0 Å². The van der Waals surface area contributed by atoms with Crippen LogP contribution in [0.25, 0.3) is 16.6 Å². The Balaban J connectivity index is 2.56. The van der Waals surface area contributed by atoms with Crippen molar-refractivity contribution in [1.29, 1.82) is 0 Å². The minimum Gasteiger partial charge on any atom is -0.292 e. The number of rotatable bonds is 1. The average Bonchev–Trinajstić information content (AvgIpc) is 2.40. The van der Waals surface area contributed by atoms with E-state index in [1.54, 1.807) is 24.3 Å². The molecular weight excluding hydrogens is 244 g/mol. The predicted octanol–water partition coefficient (Wildman–Crippen LogP) is 0.985. The molecular formula is C13H12N4O2. The summed E-state index contributed by atoms with van der Waals surface area (Å²) < 4.78 is 2.51. The van der Waals surface area contributed by atoms with Gasteiger partial charge in [0.2, 0.25) is 5.65 Å². The van der Waals surface area contributed by atoms with E-state index in [1.165, 1.54) is 10.9 Å². The molecule has 0 saturated carbocycles. The van der Waals surface area contributed by atoms with Gasteiger partial charge < -0.3 is 0 Å². The van der Waals surface area contributed by atoms with Crippen LogP contribution in [-0.4, -0.2) is 19.2 Å². The Bertz CT molecular complexity index is 892. The lowest BCUT2D eigenvalue weighted by molar-refractivity contribution is 0.554. The van der Waals surface area contributed by atoms with Crippen LogP contribution < -0.4 is 11.1 Å². The summed E-state index contributed by atoms with van der Waals surface area (Å²) in [6.45, 7) is 3.75. The van der Waals surface area contributed by atoms with Crippen LogP contribution in [0.3, 0.4) is 0 Å². The van der Waals surface area contributed by atoms with E-state index in [-0.39, 0.29) is 22.8 Å². The smallest absolute Gasteiger partial charge is 0.292 e. The molecule has 96 valence electrons. The van der Waals surface area contributed by atoms with Crippen LogP contribution in [-0.2, 0) is 0 Å². The minimum absolute atomic E-state index is 0.0339. The van der Waals surface area contributed by atoms with E-state index in [0.29, 0.717) is 10.9 Å². The maximum atomic E-state index is 12.3. The lowest BCUT2D eigenvalue weighted by Gasteiger charge is -2.09. The van der Waals surface area contributed by atoms with Crippen LogP contribution in [0.1, 0.15) is 19.9 Å². The zero-order valence-corrected chi connectivity index (χ0v) is 10.6. The third kappa shape index (κ3) is 1.64. The van der Waals surface area contributed by atoms with Crippen molar-refractivity contribution < 1.29 is 0 Å². The van der Waals surface area contributed by atoms with Crippen LogP contribution in [0.15, 0.2) is 40.2 Å². The van der Waals surface area contributed by atoms with Crippen molar-refractivity contribution in [2.75, 3.05) is 0 Å². The van der Waals surface area contributed by atoms with Crippen molar-refractivity contribution in [1.82, 2.24) is 19.2 Å². The molecule has 19 heavy (non-hydrogen) atoms. The zero-order valence-electron chi connectivity index (χ0n) is 10.6. The van der Waals surface area contributed by atoms with Gasteiger partial charge in [-0.1, -0.05) is 12.1 Å². The van der Waals surface area contributed by atoms with E-state index in [9.17, 15) is 9.59 Å². The second-order valence-corrected chi connectivity index (χ2v) is 4.61. The Kier molecular flexibility index (Phi) is 2.45. The lowest BCUT2D eigenvalue weighted by Crippen LogP contribution is -2.30. The first-order valence-electron chi connectivity index (χ1n) is 5.98. The van der Waals surface area contributed by atoms with Crippen LogP contribution in [0, 0.1) is 0 Å². The summed E-state index contributed by atoms with van der Waals surface area (Å²) in [5.41, 5.74) is -0.0748. The molecule has 0 bridgehead atoms. The summed E-state index contributed by atoms with van der Waals surface area (Å²) in [6, 6.07) is 6.89. The summed E-state index contributed by atoms with van der Waals surface area (Å²) in [7, 11) is 0. The van der Waals surface area contributed by atoms with Gasteiger partial charge in [0.15, 0.2) is 0 Å². The van der Waals surface area contributed by atoms with E-state index < -0.39 is 0 Å². The van der Waals surface area contributed by atoms with Crippen LogP contribution in [0.2, 0.25) is 0 Å². The SMILES string of the molecule is CC(C)n1cnn2c(=O)c3ccccc3nc2c1=O. The Labute approximate surface area is 107 Å². The van der Waals surface area contributed by atoms with E-state index in [4.69, 9.17) is 0 Å². The van der Waals surface area contributed by atoms with E-state index in [0.717, 1.165) is 4.52 Å². The summed E-state index contributed by atoms with van der Waals surface area (Å²) in [6.07, 6.45) is 1.37. The van der Waals surface area contributed by atoms with Crippen molar-refractivity contribution in [3.63, 3.8) is 0 Å². The maximum absolute atomic E-state index is 12.3. The second-order valence-electron chi connectivity index (χ2n) is 4.61. The molecule has 1 aromatic carbocycles. The van der Waals surface area contributed by atoms with Crippen molar-refractivity contribution in [2.24, 2.45) is 0 Å². The normalized spacial score (nSPS) is 11.5. The number of para-hydroxylation sites is 1. The van der Waals surface area contributed by atoms with Gasteiger partial charge in [-0.3, -0.25) is 14.2 Å². The predicted molar refractivity (Wildman–Crippen MR) is 71.4 cm³/mol. The molecule has 0 amide bonds. The third-order valence-corrected chi connectivity index (χ3v) is 3.03. The van der Waals surface area contributed by atoms with Crippen molar-refractivity contribution in [2.45, 2.75) is 19.9 Å². The first kappa shape index (κ1) is 11.6. The molecule has 0 aliphatic carbocycles. The van der Waals surface area contributed by atoms with Crippen molar-refractivity contribution in [3.05, 3.63) is 51.3 Å². The molecule has 0 unspecified atom stereocenters. The maximum Gasteiger partial charge on any atom is 0.297 e. The van der Waals surface area contributed by atoms with Gasteiger partial charge in [0, 0.05) is 6.04 Å². The molecule has 0 aliphatic rings. The number of aromatic nitrogens is 4. The fourth-order valence-electron chi connectivity index (χ4n) is 2.01. The number of nitrogens with zero attached hydrogens (tertiary/aromatic N) is 4. The van der Waals surface area contributed by atoms with Crippen LogP contribution in [0.4, 0.5) is 0 Å². The highest BCUT2D eigenvalue weighted by Crippen LogP contribution is 2.06. The first-order valence-corrected chi connectivity index (χ1v) is 5.98. The second kappa shape index (κ2) is 4.01. The van der Waals surface area contributed by atoms with Gasteiger partial charge in [-0.05, 0) is 26.0 Å². The molecule has 3 aromatic rings. The largest absolute Gasteiger partial charge is 0.297 e. The molecule has 0 saturated heterocycles. The molecule has 2 heterocycles. The summed E-state index contributed by atoms with van der Waals surface area (Å²) in [4.78, 5) is 28.7.